The highest BCUT2D eigenvalue weighted by Gasteiger charge is 2.29. The van der Waals surface area contributed by atoms with Crippen molar-refractivity contribution in [2.75, 3.05) is 20.2 Å². The molecule has 0 radical (unpaired) electrons. The second-order valence-electron chi connectivity index (χ2n) is 14.5. The molecule has 3 N–H and O–H groups in total. The molecule has 1 aliphatic rings. The summed E-state index contributed by atoms with van der Waals surface area (Å²) < 4.78 is 14.4. The van der Waals surface area contributed by atoms with E-state index in [0.29, 0.717) is 92.4 Å². The molecule has 1 aromatic carbocycles. The maximum Gasteiger partial charge on any atom is 0.410 e. The Morgan fingerprint density at radius 1 is 1.13 bits per heavy atom. The minimum Gasteiger partial charge on any atom is -0.481 e. The fourth-order valence-corrected chi connectivity index (χ4v) is 7.02. The van der Waals surface area contributed by atoms with Crippen LogP contribution in [0.1, 0.15) is 51.9 Å². The van der Waals surface area contributed by atoms with Gasteiger partial charge in [0.1, 0.15) is 16.9 Å². The number of hydrogen-bond acceptors (Lipinski definition) is 10. The van der Waals surface area contributed by atoms with Gasteiger partial charge in [-0.3, -0.25) is 19.1 Å². The molecular formula is C39H44Cl2N8O6. The number of carbonyl (C=O) groups excluding carboxylic acids is 2. The van der Waals surface area contributed by atoms with E-state index in [9.17, 15) is 19.5 Å². The molecule has 5 aromatic rings. The second-order valence-corrected chi connectivity index (χ2v) is 15.3. The molecule has 1 fully saturated rings. The summed E-state index contributed by atoms with van der Waals surface area (Å²) >= 11 is 14.2. The summed E-state index contributed by atoms with van der Waals surface area (Å²) in [5, 5.41) is 21.0. The third-order valence-electron chi connectivity index (χ3n) is 9.06. The van der Waals surface area contributed by atoms with Crippen LogP contribution in [0.15, 0.2) is 59.7 Å². The van der Waals surface area contributed by atoms with Crippen molar-refractivity contribution in [1.82, 2.24) is 39.7 Å². The number of aliphatic hydroxyl groups is 1. The molecule has 1 aliphatic heterocycles. The molecule has 6 rings (SSSR count). The van der Waals surface area contributed by atoms with Gasteiger partial charge in [-0.25, -0.2) is 14.3 Å². The van der Waals surface area contributed by atoms with E-state index in [1.165, 1.54) is 16.2 Å². The monoisotopic (exact) mass is 790 g/mol. The molecule has 2 atom stereocenters. The summed E-state index contributed by atoms with van der Waals surface area (Å²) in [7, 11) is 3.16. The Balaban J connectivity index is 1.30. The number of hydrogen-bond donors (Lipinski definition) is 3. The Labute approximate surface area is 328 Å². The molecule has 4 aromatic heterocycles. The number of rotatable bonds is 12. The number of aromatic nitrogens is 5. The number of ether oxygens (including phenoxy) is 2. The fraction of sp³-hybridized carbons (Fsp3) is 0.385. The third kappa shape index (κ3) is 8.94. The second kappa shape index (κ2) is 16.4. The smallest absolute Gasteiger partial charge is 0.410 e. The van der Waals surface area contributed by atoms with Crippen LogP contribution < -0.4 is 20.9 Å². The Hall–Kier alpha value is -5.02. The van der Waals surface area contributed by atoms with Crippen LogP contribution in [0.4, 0.5) is 4.79 Å². The van der Waals surface area contributed by atoms with Crippen LogP contribution in [-0.4, -0.2) is 84.1 Å². The number of pyridine rings is 2. The summed E-state index contributed by atoms with van der Waals surface area (Å²) in [6, 6.07) is 12.5. The molecule has 0 saturated carbocycles. The number of amides is 2. The molecule has 0 spiro atoms. The minimum absolute atomic E-state index is 0.0445. The van der Waals surface area contributed by atoms with E-state index in [0.717, 1.165) is 0 Å². The van der Waals surface area contributed by atoms with Crippen molar-refractivity contribution in [2.45, 2.75) is 71.4 Å². The maximum absolute atomic E-state index is 13.3. The van der Waals surface area contributed by atoms with Crippen molar-refractivity contribution in [1.29, 1.82) is 0 Å². The third-order valence-corrected chi connectivity index (χ3v) is 9.85. The molecule has 55 heavy (non-hydrogen) atoms. The number of benzene rings is 1. The molecule has 2 amide bonds. The van der Waals surface area contributed by atoms with Gasteiger partial charge in [-0.05, 0) is 58.4 Å². The van der Waals surface area contributed by atoms with Crippen molar-refractivity contribution in [3.8, 4) is 39.5 Å². The number of nitrogens with zero attached hydrogens (tertiary/aromatic N) is 6. The van der Waals surface area contributed by atoms with Crippen LogP contribution in [0, 0.1) is 0 Å². The number of aliphatic hydroxyl groups excluding tert-OH is 1. The SMILES string of the molecule is COc1nc(-c2cccc(-c3ccnc(-c4cc5c(=O)n(C)c(CNC[C@H](C)O)nn5c4)c3Cl)c2Cl)ccc1CN(C[C@@H]1CCC(=O)N1)C(=O)OC(C)(C)C. The van der Waals surface area contributed by atoms with Gasteiger partial charge in [-0.2, -0.15) is 5.10 Å². The molecule has 0 bridgehead atoms. The van der Waals surface area contributed by atoms with Gasteiger partial charge in [0.25, 0.3) is 5.56 Å². The largest absolute Gasteiger partial charge is 0.481 e. The molecule has 16 heteroatoms. The number of carbonyl (C=O) groups is 2. The van der Waals surface area contributed by atoms with Crippen LogP contribution in [0.5, 0.6) is 5.88 Å². The highest BCUT2D eigenvalue weighted by atomic mass is 35.5. The summed E-state index contributed by atoms with van der Waals surface area (Å²) in [6.07, 6.45) is 3.31. The zero-order chi connectivity index (χ0) is 39.6. The zero-order valence-corrected chi connectivity index (χ0v) is 33.0. The quantitative estimate of drug-likeness (QED) is 0.144. The fourth-order valence-electron chi connectivity index (χ4n) is 6.37. The average molecular weight is 792 g/mol. The van der Waals surface area contributed by atoms with Gasteiger partial charge >= 0.3 is 6.09 Å². The summed E-state index contributed by atoms with van der Waals surface area (Å²) in [5.41, 5.74) is 3.48. The lowest BCUT2D eigenvalue weighted by molar-refractivity contribution is -0.119. The van der Waals surface area contributed by atoms with Crippen LogP contribution in [0.2, 0.25) is 10.0 Å². The molecule has 0 unspecified atom stereocenters. The first-order valence-electron chi connectivity index (χ1n) is 17.9. The van der Waals surface area contributed by atoms with Gasteiger partial charge in [0, 0.05) is 72.8 Å². The Kier molecular flexibility index (Phi) is 11.8. The molecule has 5 heterocycles. The lowest BCUT2D eigenvalue weighted by Gasteiger charge is -2.29. The first-order chi connectivity index (χ1) is 26.1. The van der Waals surface area contributed by atoms with Crippen LogP contribution in [0.3, 0.4) is 0 Å². The van der Waals surface area contributed by atoms with Crippen molar-refractivity contribution in [3.63, 3.8) is 0 Å². The molecule has 14 nitrogen and oxygen atoms in total. The summed E-state index contributed by atoms with van der Waals surface area (Å²) in [5.74, 6) is 0.751. The van der Waals surface area contributed by atoms with E-state index in [-0.39, 0.29) is 30.6 Å². The van der Waals surface area contributed by atoms with Gasteiger partial charge < -0.3 is 30.1 Å². The Morgan fingerprint density at radius 2 is 1.87 bits per heavy atom. The van der Waals surface area contributed by atoms with E-state index in [1.54, 1.807) is 64.2 Å². The van der Waals surface area contributed by atoms with Crippen LogP contribution >= 0.6 is 23.2 Å². The van der Waals surface area contributed by atoms with E-state index in [1.807, 2.05) is 30.3 Å². The van der Waals surface area contributed by atoms with Crippen LogP contribution in [0.25, 0.3) is 39.2 Å². The first-order valence-corrected chi connectivity index (χ1v) is 18.6. The number of methoxy groups -OCH3 is 1. The standard InChI is InChI=1S/C39H44Cl2N8O6/c1-22(50)17-42-18-31-46-49-20-24(16-30(49)37(52)47(31)5)35-34(41)27(14-15-43-35)26-8-7-9-28(33(26)40)29-12-10-23(36(45-29)54-6)19-48(38(53)55-39(2,3)4)21-25-11-13-32(51)44-25/h7-10,12,14-16,20,22,25,42,50H,11,13,17-19,21H2,1-6H3,(H,44,51)/t22-,25-/m0/s1. The van der Waals surface area contributed by atoms with E-state index in [2.05, 4.69) is 20.7 Å². The number of fused-ring (bicyclic) bond motifs is 1. The van der Waals surface area contributed by atoms with Crippen LogP contribution in [-0.2, 0) is 29.7 Å². The van der Waals surface area contributed by atoms with Crippen molar-refractivity contribution < 1.29 is 24.2 Å². The van der Waals surface area contributed by atoms with Crippen molar-refractivity contribution in [3.05, 3.63) is 86.6 Å². The van der Waals surface area contributed by atoms with E-state index >= 15 is 0 Å². The maximum atomic E-state index is 13.3. The normalized spacial score (nSPS) is 14.9. The zero-order valence-electron chi connectivity index (χ0n) is 31.5. The van der Waals surface area contributed by atoms with E-state index < -0.39 is 17.8 Å². The lowest BCUT2D eigenvalue weighted by atomic mass is 10.00. The molecular weight excluding hydrogens is 747 g/mol. The predicted octanol–water partition coefficient (Wildman–Crippen LogP) is 5.63. The van der Waals surface area contributed by atoms with Gasteiger partial charge in [-0.1, -0.05) is 41.4 Å². The molecule has 1 saturated heterocycles. The van der Waals surface area contributed by atoms with Gasteiger partial charge in [0.2, 0.25) is 11.8 Å². The molecule has 290 valence electrons. The lowest BCUT2D eigenvalue weighted by Crippen LogP contribution is -2.43. The highest BCUT2D eigenvalue weighted by molar-refractivity contribution is 6.39. The first kappa shape index (κ1) is 39.7. The Bertz CT molecular complexity index is 2300. The average Bonchev–Trinajstić information content (AvgIpc) is 3.75. The van der Waals surface area contributed by atoms with Gasteiger partial charge in [0.15, 0.2) is 0 Å². The number of halogens is 2. The van der Waals surface area contributed by atoms with Gasteiger partial charge in [-0.15, -0.1) is 0 Å². The minimum atomic E-state index is -0.713. The number of nitrogens with one attached hydrogen (secondary N) is 2. The topological polar surface area (TPSA) is 165 Å². The Morgan fingerprint density at radius 3 is 2.56 bits per heavy atom. The highest BCUT2D eigenvalue weighted by Crippen LogP contribution is 2.42. The predicted molar refractivity (Wildman–Crippen MR) is 210 cm³/mol. The van der Waals surface area contributed by atoms with Crippen molar-refractivity contribution >= 4 is 40.7 Å². The van der Waals surface area contributed by atoms with Crippen molar-refractivity contribution in [2.24, 2.45) is 7.05 Å². The van der Waals surface area contributed by atoms with E-state index in [4.69, 9.17) is 37.7 Å². The molecule has 0 aliphatic carbocycles. The summed E-state index contributed by atoms with van der Waals surface area (Å²) in [4.78, 5) is 49.3. The van der Waals surface area contributed by atoms with Gasteiger partial charge in [0.05, 0.1) is 47.7 Å². The summed E-state index contributed by atoms with van der Waals surface area (Å²) in [6.45, 7) is 8.13.